The molecule has 1 aliphatic rings. The van der Waals surface area contributed by atoms with Crippen LogP contribution in [-0.4, -0.2) is 50.7 Å². The number of ether oxygens (including phenoxy) is 2. The average Bonchev–Trinajstić information content (AvgIpc) is 2.81. The number of nitrogens with zero attached hydrogens (tertiary/aromatic N) is 3. The van der Waals surface area contributed by atoms with Gasteiger partial charge >= 0.3 is 12.2 Å². The van der Waals surface area contributed by atoms with Gasteiger partial charge in [0, 0.05) is 37.1 Å². The third-order valence-corrected chi connectivity index (χ3v) is 4.10. The van der Waals surface area contributed by atoms with Crippen LogP contribution in [0.5, 0.6) is 5.75 Å². The molecule has 0 saturated carbocycles. The fraction of sp³-hybridized carbons (Fsp3) is 0.500. The van der Waals surface area contributed by atoms with Crippen molar-refractivity contribution in [1.82, 2.24) is 14.7 Å². The van der Waals surface area contributed by atoms with Crippen molar-refractivity contribution in [2.24, 2.45) is 5.92 Å². The van der Waals surface area contributed by atoms with Crippen LogP contribution in [0.1, 0.15) is 26.3 Å². The molecule has 2 heterocycles. The number of fused-ring (bicyclic) bond motifs is 1. The summed E-state index contributed by atoms with van der Waals surface area (Å²) in [5.41, 5.74) is 1.00. The average molecular weight is 361 g/mol. The van der Waals surface area contributed by atoms with E-state index in [4.69, 9.17) is 14.6 Å². The molecule has 0 bridgehead atoms. The predicted octanol–water partition coefficient (Wildman–Crippen LogP) is 3.27. The summed E-state index contributed by atoms with van der Waals surface area (Å²) in [6.45, 7) is 9.28. The lowest BCUT2D eigenvalue weighted by Gasteiger charge is -2.39. The van der Waals surface area contributed by atoms with E-state index in [1.807, 2.05) is 31.6 Å². The Balaban J connectivity index is 1.62. The molecule has 1 aromatic carbocycles. The molecule has 0 radical (unpaired) electrons. The minimum absolute atomic E-state index is 0.287. The zero-order chi connectivity index (χ0) is 19.1. The van der Waals surface area contributed by atoms with E-state index in [1.165, 1.54) is 0 Å². The molecule has 1 fully saturated rings. The first-order valence-corrected chi connectivity index (χ1v) is 8.47. The van der Waals surface area contributed by atoms with E-state index in [9.17, 15) is 9.59 Å². The number of rotatable bonds is 3. The Hall–Kier alpha value is -2.77. The Kier molecular flexibility index (Phi) is 4.52. The van der Waals surface area contributed by atoms with E-state index in [2.05, 4.69) is 5.10 Å². The summed E-state index contributed by atoms with van der Waals surface area (Å²) in [5, 5.41) is 14.1. The van der Waals surface area contributed by atoms with Gasteiger partial charge in [0.2, 0.25) is 0 Å². The molecule has 140 valence electrons. The van der Waals surface area contributed by atoms with Crippen molar-refractivity contribution < 1.29 is 24.2 Å². The molecular weight excluding hydrogens is 338 g/mol. The van der Waals surface area contributed by atoms with E-state index < -0.39 is 11.8 Å². The maximum atomic E-state index is 12.0. The van der Waals surface area contributed by atoms with E-state index in [0.29, 0.717) is 36.9 Å². The molecule has 1 aliphatic heterocycles. The quantitative estimate of drug-likeness (QED) is 0.666. The van der Waals surface area contributed by atoms with Gasteiger partial charge in [0.25, 0.3) is 0 Å². The summed E-state index contributed by atoms with van der Waals surface area (Å²) in [7, 11) is 0. The Morgan fingerprint density at radius 3 is 2.62 bits per heavy atom. The molecule has 0 aliphatic carbocycles. The second-order valence-corrected chi connectivity index (χ2v) is 7.65. The third-order valence-electron chi connectivity index (χ3n) is 4.10. The topological polar surface area (TPSA) is 93.9 Å². The minimum Gasteiger partial charge on any atom is -0.449 e. The van der Waals surface area contributed by atoms with Crippen LogP contribution in [0.15, 0.2) is 18.3 Å². The van der Waals surface area contributed by atoms with Crippen molar-refractivity contribution >= 4 is 23.2 Å². The normalized spacial score (nSPS) is 15.0. The number of likely N-dealkylation sites (tertiary alicyclic amines) is 1. The highest BCUT2D eigenvalue weighted by atomic mass is 16.7. The van der Waals surface area contributed by atoms with Crippen molar-refractivity contribution in [1.29, 1.82) is 0 Å². The van der Waals surface area contributed by atoms with Crippen molar-refractivity contribution in [3.05, 3.63) is 23.9 Å². The first-order chi connectivity index (χ1) is 12.1. The van der Waals surface area contributed by atoms with Crippen molar-refractivity contribution in [3.63, 3.8) is 0 Å². The Morgan fingerprint density at radius 1 is 1.31 bits per heavy atom. The predicted molar refractivity (Wildman–Crippen MR) is 94.4 cm³/mol. The number of carbonyl (C=O) groups excluding carboxylic acids is 1. The van der Waals surface area contributed by atoms with E-state index >= 15 is 0 Å². The van der Waals surface area contributed by atoms with Crippen LogP contribution in [0.3, 0.4) is 0 Å². The van der Waals surface area contributed by atoms with Crippen LogP contribution in [0.2, 0.25) is 0 Å². The lowest BCUT2D eigenvalue weighted by Crippen LogP contribution is -2.52. The van der Waals surface area contributed by atoms with Gasteiger partial charge in [-0.1, -0.05) is 0 Å². The van der Waals surface area contributed by atoms with Crippen LogP contribution < -0.4 is 4.74 Å². The lowest BCUT2D eigenvalue weighted by atomic mass is 10.0. The molecule has 0 unspecified atom stereocenters. The monoisotopic (exact) mass is 361 g/mol. The Morgan fingerprint density at radius 2 is 2.00 bits per heavy atom. The molecule has 0 atom stereocenters. The van der Waals surface area contributed by atoms with Crippen molar-refractivity contribution in [2.75, 3.05) is 13.1 Å². The van der Waals surface area contributed by atoms with Crippen LogP contribution in [0, 0.1) is 12.8 Å². The second kappa shape index (κ2) is 6.51. The minimum atomic E-state index is -1.34. The SMILES string of the molecule is Cc1cc2nn(CC3CN(C(=O)OC(C)(C)C)C3)cc2cc1OC(=O)O. The first-order valence-electron chi connectivity index (χ1n) is 8.47. The van der Waals surface area contributed by atoms with Gasteiger partial charge in [-0.3, -0.25) is 4.68 Å². The molecule has 1 saturated heterocycles. The fourth-order valence-corrected chi connectivity index (χ4v) is 2.93. The highest BCUT2D eigenvalue weighted by molar-refractivity contribution is 5.81. The highest BCUT2D eigenvalue weighted by Crippen LogP contribution is 2.26. The molecule has 26 heavy (non-hydrogen) atoms. The number of hydrogen-bond acceptors (Lipinski definition) is 5. The number of hydrogen-bond donors (Lipinski definition) is 1. The van der Waals surface area contributed by atoms with Gasteiger partial charge in [-0.25, -0.2) is 9.59 Å². The number of benzene rings is 1. The van der Waals surface area contributed by atoms with Gasteiger partial charge in [0.15, 0.2) is 0 Å². The zero-order valence-electron chi connectivity index (χ0n) is 15.4. The molecule has 1 aromatic heterocycles. The zero-order valence-corrected chi connectivity index (χ0v) is 15.4. The van der Waals surface area contributed by atoms with Gasteiger partial charge < -0.3 is 19.5 Å². The summed E-state index contributed by atoms with van der Waals surface area (Å²) < 4.78 is 12.0. The fourth-order valence-electron chi connectivity index (χ4n) is 2.93. The van der Waals surface area contributed by atoms with Gasteiger partial charge in [0.05, 0.1) is 5.52 Å². The van der Waals surface area contributed by atoms with Gasteiger partial charge in [-0.2, -0.15) is 5.10 Å². The van der Waals surface area contributed by atoms with E-state index in [-0.39, 0.29) is 6.09 Å². The molecule has 0 spiro atoms. The first kappa shape index (κ1) is 18.0. The van der Waals surface area contributed by atoms with Crippen molar-refractivity contribution in [2.45, 2.75) is 39.8 Å². The Labute approximate surface area is 151 Å². The smallest absolute Gasteiger partial charge is 0.449 e. The van der Waals surface area contributed by atoms with Crippen LogP contribution >= 0.6 is 0 Å². The van der Waals surface area contributed by atoms with Crippen LogP contribution in [0.25, 0.3) is 10.9 Å². The molecule has 3 rings (SSSR count). The molecule has 1 amide bonds. The van der Waals surface area contributed by atoms with E-state index in [0.717, 1.165) is 10.9 Å². The van der Waals surface area contributed by atoms with Crippen molar-refractivity contribution in [3.8, 4) is 5.75 Å². The summed E-state index contributed by atoms with van der Waals surface area (Å²) >= 11 is 0. The second-order valence-electron chi connectivity index (χ2n) is 7.65. The van der Waals surface area contributed by atoms with Crippen LogP contribution in [0.4, 0.5) is 9.59 Å². The number of aromatic nitrogens is 2. The summed E-state index contributed by atoms with van der Waals surface area (Å²) in [6, 6.07) is 3.48. The number of aryl methyl sites for hydroxylation is 1. The van der Waals surface area contributed by atoms with Gasteiger partial charge in [-0.05, 0) is 45.4 Å². The van der Waals surface area contributed by atoms with E-state index in [1.54, 1.807) is 24.0 Å². The number of carboxylic acid groups (broad SMARTS) is 1. The van der Waals surface area contributed by atoms with Gasteiger partial charge in [-0.15, -0.1) is 0 Å². The maximum Gasteiger partial charge on any atom is 0.511 e. The lowest BCUT2D eigenvalue weighted by molar-refractivity contribution is -0.00381. The molecule has 2 aromatic rings. The molecule has 1 N–H and O–H groups in total. The molecule has 8 heteroatoms. The largest absolute Gasteiger partial charge is 0.511 e. The summed E-state index contributed by atoms with van der Waals surface area (Å²) in [4.78, 5) is 24.4. The maximum absolute atomic E-state index is 12.0. The standard InChI is InChI=1S/C18H23N3O5/c1-11-5-14-13(6-15(11)25-17(23)24)10-21(19-14)9-12-7-20(8-12)16(22)26-18(2,3)4/h5-6,10,12H,7-9H2,1-4H3,(H,23,24). The number of amides is 1. The molecular formula is C18H23N3O5. The molecule has 8 nitrogen and oxygen atoms in total. The third kappa shape index (κ3) is 4.07. The summed E-state index contributed by atoms with van der Waals surface area (Å²) in [6.07, 6.45) is 0.238. The highest BCUT2D eigenvalue weighted by Gasteiger charge is 2.33. The van der Waals surface area contributed by atoms with Crippen LogP contribution in [-0.2, 0) is 11.3 Å². The summed E-state index contributed by atoms with van der Waals surface area (Å²) in [5.74, 6) is 0.622. The van der Waals surface area contributed by atoms with Gasteiger partial charge in [0.1, 0.15) is 11.4 Å². The Bertz CT molecular complexity index is 846. The number of carbonyl (C=O) groups is 2.